The van der Waals surface area contributed by atoms with Crippen LogP contribution in [0.5, 0.6) is 0 Å². The van der Waals surface area contributed by atoms with Crippen molar-refractivity contribution in [2.75, 3.05) is 7.11 Å². The summed E-state index contributed by atoms with van der Waals surface area (Å²) in [5, 5.41) is 0. The van der Waals surface area contributed by atoms with E-state index in [1.54, 1.807) is 58.9 Å². The standard InChI is InChI=1S/C23H32N2O8/c1-15(12-16(2)32-20(24)27)13-18(19(26)30-6)25(22(29)33-23(3,4)5)21(28)31-14-17-10-8-7-9-11-17/h7-12,16,18H,13-14H2,1-6H3,(H2,24,27)/b15-12+/t16-,18+/m1/s1. The molecule has 0 bridgehead atoms. The van der Waals surface area contributed by atoms with Gasteiger partial charge in [-0.1, -0.05) is 35.9 Å². The number of esters is 1. The van der Waals surface area contributed by atoms with Gasteiger partial charge in [0.05, 0.1) is 7.11 Å². The third-order valence-electron chi connectivity index (χ3n) is 4.11. The van der Waals surface area contributed by atoms with Crippen molar-refractivity contribution >= 4 is 24.2 Å². The zero-order valence-electron chi connectivity index (χ0n) is 19.8. The van der Waals surface area contributed by atoms with Gasteiger partial charge in [-0.3, -0.25) is 0 Å². The van der Waals surface area contributed by atoms with Crippen LogP contribution in [0.1, 0.15) is 46.6 Å². The predicted octanol–water partition coefficient (Wildman–Crippen LogP) is 3.92. The van der Waals surface area contributed by atoms with E-state index in [0.29, 0.717) is 16.0 Å². The van der Waals surface area contributed by atoms with E-state index in [-0.39, 0.29) is 13.0 Å². The first-order chi connectivity index (χ1) is 15.3. The van der Waals surface area contributed by atoms with Crippen molar-refractivity contribution < 1.29 is 38.1 Å². The molecule has 1 aromatic rings. The molecular weight excluding hydrogens is 432 g/mol. The van der Waals surface area contributed by atoms with Gasteiger partial charge in [0.15, 0.2) is 0 Å². The van der Waals surface area contributed by atoms with E-state index in [2.05, 4.69) is 0 Å². The number of imide groups is 1. The predicted molar refractivity (Wildman–Crippen MR) is 119 cm³/mol. The molecule has 0 unspecified atom stereocenters. The fourth-order valence-corrected chi connectivity index (χ4v) is 2.84. The highest BCUT2D eigenvalue weighted by Gasteiger charge is 2.39. The summed E-state index contributed by atoms with van der Waals surface area (Å²) in [6.45, 7) is 7.96. The minimum Gasteiger partial charge on any atom is -0.467 e. The van der Waals surface area contributed by atoms with Crippen molar-refractivity contribution in [3.8, 4) is 0 Å². The zero-order chi connectivity index (χ0) is 25.2. The molecule has 0 fully saturated rings. The van der Waals surface area contributed by atoms with Gasteiger partial charge < -0.3 is 24.7 Å². The first-order valence-electron chi connectivity index (χ1n) is 10.3. The highest BCUT2D eigenvalue weighted by molar-refractivity contribution is 5.94. The zero-order valence-corrected chi connectivity index (χ0v) is 19.8. The van der Waals surface area contributed by atoms with Crippen molar-refractivity contribution in [2.45, 2.75) is 65.4 Å². The summed E-state index contributed by atoms with van der Waals surface area (Å²) in [5.41, 5.74) is 5.30. The van der Waals surface area contributed by atoms with Crippen LogP contribution < -0.4 is 5.73 Å². The van der Waals surface area contributed by atoms with Crippen LogP contribution in [0.15, 0.2) is 42.0 Å². The summed E-state index contributed by atoms with van der Waals surface area (Å²) in [5.74, 6) is -0.853. The quantitative estimate of drug-likeness (QED) is 0.347. The number of hydrogen-bond donors (Lipinski definition) is 1. The molecule has 0 saturated carbocycles. The smallest absolute Gasteiger partial charge is 0.420 e. The van der Waals surface area contributed by atoms with Gasteiger partial charge in [-0.15, -0.1) is 0 Å². The molecule has 0 radical (unpaired) electrons. The van der Waals surface area contributed by atoms with E-state index in [9.17, 15) is 19.2 Å². The number of hydrogen-bond acceptors (Lipinski definition) is 8. The highest BCUT2D eigenvalue weighted by atomic mass is 16.6. The molecular formula is C23H32N2O8. The van der Waals surface area contributed by atoms with Gasteiger partial charge in [-0.2, -0.15) is 4.90 Å². The van der Waals surface area contributed by atoms with Crippen molar-refractivity contribution in [1.82, 2.24) is 4.90 Å². The molecule has 2 N–H and O–H groups in total. The number of rotatable bonds is 8. The lowest BCUT2D eigenvalue weighted by Gasteiger charge is -2.30. The number of ether oxygens (including phenoxy) is 4. The molecule has 0 saturated heterocycles. The molecule has 0 aliphatic carbocycles. The molecule has 182 valence electrons. The number of nitrogens with zero attached hydrogens (tertiary/aromatic N) is 1. The molecule has 10 nitrogen and oxygen atoms in total. The third-order valence-corrected chi connectivity index (χ3v) is 4.11. The number of methoxy groups -OCH3 is 1. The van der Waals surface area contributed by atoms with Crippen LogP contribution >= 0.6 is 0 Å². The van der Waals surface area contributed by atoms with Gasteiger partial charge in [-0.25, -0.2) is 19.2 Å². The number of benzene rings is 1. The lowest BCUT2D eigenvalue weighted by Crippen LogP contribution is -2.51. The van der Waals surface area contributed by atoms with Gasteiger partial charge in [0, 0.05) is 6.42 Å². The third kappa shape index (κ3) is 10.1. The van der Waals surface area contributed by atoms with E-state index in [1.165, 1.54) is 6.08 Å². The van der Waals surface area contributed by atoms with Crippen LogP contribution in [0.3, 0.4) is 0 Å². The number of amides is 3. The lowest BCUT2D eigenvalue weighted by molar-refractivity contribution is -0.146. The molecule has 0 aromatic heterocycles. The van der Waals surface area contributed by atoms with Gasteiger partial charge in [0.25, 0.3) is 0 Å². The van der Waals surface area contributed by atoms with Crippen LogP contribution in [0, 0.1) is 0 Å². The first kappa shape index (κ1) is 27.5. The average molecular weight is 465 g/mol. The molecule has 0 spiro atoms. The molecule has 0 aliphatic rings. The molecule has 1 rings (SSSR count). The summed E-state index contributed by atoms with van der Waals surface area (Å²) < 4.78 is 20.3. The molecule has 1 aromatic carbocycles. The van der Waals surface area contributed by atoms with Gasteiger partial charge in [0.1, 0.15) is 24.4 Å². The van der Waals surface area contributed by atoms with Crippen LogP contribution in [-0.4, -0.2) is 54.0 Å². The van der Waals surface area contributed by atoms with Gasteiger partial charge in [-0.05, 0) is 46.3 Å². The van der Waals surface area contributed by atoms with Crippen molar-refractivity contribution in [3.05, 3.63) is 47.5 Å². The van der Waals surface area contributed by atoms with Crippen molar-refractivity contribution in [1.29, 1.82) is 0 Å². The molecule has 33 heavy (non-hydrogen) atoms. The normalized spacial score (nSPS) is 13.3. The second-order valence-corrected chi connectivity index (χ2v) is 8.29. The van der Waals surface area contributed by atoms with Gasteiger partial charge in [0.2, 0.25) is 0 Å². The molecule has 0 aliphatic heterocycles. The first-order valence-corrected chi connectivity index (χ1v) is 10.3. The fourth-order valence-electron chi connectivity index (χ4n) is 2.84. The number of carbonyl (C=O) groups excluding carboxylic acids is 4. The summed E-state index contributed by atoms with van der Waals surface area (Å²) in [6, 6.07) is 7.46. The van der Waals surface area contributed by atoms with E-state index in [1.807, 2.05) is 6.07 Å². The SMILES string of the molecule is COC(=O)[C@H](C/C(C)=C/[C@@H](C)OC(N)=O)N(C(=O)OCc1ccccc1)C(=O)OC(C)(C)C. The maximum absolute atomic E-state index is 12.9. The van der Waals surface area contributed by atoms with E-state index < -0.39 is 42.0 Å². The molecule has 10 heteroatoms. The second-order valence-electron chi connectivity index (χ2n) is 8.29. The summed E-state index contributed by atoms with van der Waals surface area (Å²) >= 11 is 0. The maximum atomic E-state index is 12.9. The van der Waals surface area contributed by atoms with Crippen LogP contribution in [0.25, 0.3) is 0 Å². The van der Waals surface area contributed by atoms with Crippen molar-refractivity contribution in [2.24, 2.45) is 5.73 Å². The van der Waals surface area contributed by atoms with E-state index in [0.717, 1.165) is 7.11 Å². The second kappa shape index (κ2) is 12.5. The largest absolute Gasteiger partial charge is 0.467 e. The van der Waals surface area contributed by atoms with Crippen LogP contribution in [0.4, 0.5) is 14.4 Å². The van der Waals surface area contributed by atoms with Crippen LogP contribution in [0.2, 0.25) is 0 Å². The molecule has 2 atom stereocenters. The Kier molecular flexibility index (Phi) is 10.4. The maximum Gasteiger partial charge on any atom is 0.420 e. The minimum atomic E-state index is -1.38. The molecule has 0 heterocycles. The Labute approximate surface area is 193 Å². The Morgan fingerprint density at radius 1 is 1.09 bits per heavy atom. The Balaban J connectivity index is 3.22. The minimum absolute atomic E-state index is 0.112. The van der Waals surface area contributed by atoms with Gasteiger partial charge >= 0.3 is 24.2 Å². The average Bonchev–Trinajstić information content (AvgIpc) is 2.69. The Morgan fingerprint density at radius 2 is 1.70 bits per heavy atom. The summed E-state index contributed by atoms with van der Waals surface area (Å²) in [4.78, 5) is 50.0. The highest BCUT2D eigenvalue weighted by Crippen LogP contribution is 2.20. The van der Waals surface area contributed by atoms with E-state index in [4.69, 9.17) is 24.7 Å². The topological polar surface area (TPSA) is 134 Å². The Morgan fingerprint density at radius 3 is 2.21 bits per heavy atom. The Hall–Kier alpha value is -3.56. The van der Waals surface area contributed by atoms with Crippen LogP contribution in [-0.2, 0) is 30.3 Å². The Bertz CT molecular complexity index is 861. The number of nitrogens with two attached hydrogens (primary N) is 1. The lowest BCUT2D eigenvalue weighted by atomic mass is 10.0. The fraction of sp³-hybridized carbons (Fsp3) is 0.478. The summed E-state index contributed by atoms with van der Waals surface area (Å²) in [7, 11) is 1.13. The molecule has 3 amide bonds. The monoisotopic (exact) mass is 464 g/mol. The summed E-state index contributed by atoms with van der Waals surface area (Å²) in [6.07, 6.45) is -2.37. The van der Waals surface area contributed by atoms with Crippen molar-refractivity contribution in [3.63, 3.8) is 0 Å². The number of carbonyl (C=O) groups is 4. The number of primary amides is 1. The van der Waals surface area contributed by atoms with E-state index >= 15 is 0 Å².